The van der Waals surface area contributed by atoms with Crippen LogP contribution >= 0.6 is 0 Å². The molecule has 0 atom stereocenters. The van der Waals surface area contributed by atoms with Crippen LogP contribution in [0.5, 0.6) is 0 Å². The fourth-order valence-corrected chi connectivity index (χ4v) is 14.7. The molecule has 3 aromatic heterocycles. The fraction of sp³-hybridized carbons (Fsp3) is 0.0654. The SMILES string of the molecule is Cc1ccc2c(c1)oc1ccccc12.Cc1ccc2cc(-c3ccccc3)ccc2c1.Cc1ccc2ccccc2c1-c1ccccc1.Cc1ccc2oc3ccccc3c2c1.Cc1cccc2c1oc1ccccc12.Cc1cccc2cccc(-c3ccccc3)c12.Cc1ccccc1-c1ccc2ccccc2c1. The van der Waals surface area contributed by atoms with E-state index >= 15 is 0 Å². The third-order valence-electron chi connectivity index (χ3n) is 20.4. The van der Waals surface area contributed by atoms with Crippen molar-refractivity contribution in [3.8, 4) is 44.5 Å². The Kier molecular flexibility index (Phi) is 21.9. The molecule has 21 rings (SSSR count). The van der Waals surface area contributed by atoms with Crippen molar-refractivity contribution in [2.45, 2.75) is 48.5 Å². The topological polar surface area (TPSA) is 39.4 Å². The highest BCUT2D eigenvalue weighted by Gasteiger charge is 2.12. The van der Waals surface area contributed by atoms with E-state index in [2.05, 4.69) is 376 Å². The van der Waals surface area contributed by atoms with E-state index in [1.165, 1.54) is 159 Å². The van der Waals surface area contributed by atoms with Crippen molar-refractivity contribution >= 4 is 109 Å². The Balaban J connectivity index is 0.000000102. The Bertz CT molecular complexity index is 6710. The standard InChI is InChI=1S/4C17H14.3C13H10O/c1-13-6-2-5-9-17(13)16-11-10-14-7-3-4-8-15(14)12-16;1-13-7-5-10-15-11-6-12-16(17(13)15)14-8-3-2-4-9-14;1-13-11-12-14-7-5-6-10-16(14)17(13)15-8-3-2-4-9-15;1-13-7-8-17-12-16(10-9-15(17)11-13)14-5-3-2-4-6-14;1-9-5-4-7-11-10-6-2-3-8-12(10)14-13(9)11;1-9-6-7-13-11(8-9)10-4-2-3-5-12(10)14-13;1-9-6-7-11-10-4-2-3-5-12(10)14-13(11)8-9/h4*2-12H,1H3;3*2-8H,1H3. The van der Waals surface area contributed by atoms with Crippen LogP contribution < -0.4 is 0 Å². The van der Waals surface area contributed by atoms with E-state index < -0.39 is 0 Å². The number of hydrogen-bond donors (Lipinski definition) is 0. The number of furan rings is 3. The van der Waals surface area contributed by atoms with E-state index in [1.54, 1.807) is 0 Å². The number of benzene rings is 18. The molecule has 0 aliphatic heterocycles. The Morgan fingerprint density at radius 1 is 0.173 bits per heavy atom. The first-order valence-electron chi connectivity index (χ1n) is 37.8. The number of para-hydroxylation sites is 4. The summed E-state index contributed by atoms with van der Waals surface area (Å²) in [5, 5.41) is 17.7. The van der Waals surface area contributed by atoms with Crippen LogP contribution in [0.15, 0.2) is 408 Å². The van der Waals surface area contributed by atoms with E-state index in [0.717, 1.165) is 33.5 Å². The summed E-state index contributed by atoms with van der Waals surface area (Å²) >= 11 is 0. The number of aryl methyl sites for hydroxylation is 7. The predicted octanol–water partition coefficient (Wildman–Crippen LogP) is 30.9. The highest BCUT2D eigenvalue weighted by atomic mass is 16.3. The fourth-order valence-electron chi connectivity index (χ4n) is 14.7. The highest BCUT2D eigenvalue weighted by Crippen LogP contribution is 2.36. The molecule has 0 spiro atoms. The van der Waals surface area contributed by atoms with E-state index in [0.29, 0.717) is 0 Å². The van der Waals surface area contributed by atoms with Crippen molar-refractivity contribution in [3.63, 3.8) is 0 Å². The molecular formula is C107H86O3. The zero-order valence-corrected chi connectivity index (χ0v) is 63.3. The molecule has 0 unspecified atom stereocenters. The van der Waals surface area contributed by atoms with Crippen LogP contribution in [0.2, 0.25) is 0 Å². The molecule has 0 aliphatic rings. The second-order valence-electron chi connectivity index (χ2n) is 28.2. The largest absolute Gasteiger partial charge is 0.456 e. The van der Waals surface area contributed by atoms with Gasteiger partial charge >= 0.3 is 0 Å². The first kappa shape index (κ1) is 72.0. The Labute approximate surface area is 644 Å². The van der Waals surface area contributed by atoms with Gasteiger partial charge in [-0.3, -0.25) is 0 Å². The third-order valence-corrected chi connectivity index (χ3v) is 20.4. The van der Waals surface area contributed by atoms with Gasteiger partial charge in [0.1, 0.15) is 33.5 Å². The average Bonchev–Trinajstić information content (AvgIpc) is 0.891. The quantitative estimate of drug-likeness (QED) is 0.176. The van der Waals surface area contributed by atoms with E-state index in [1.807, 2.05) is 66.7 Å². The summed E-state index contributed by atoms with van der Waals surface area (Å²) < 4.78 is 17.2. The molecule has 0 radical (unpaired) electrons. The zero-order valence-electron chi connectivity index (χ0n) is 63.3. The van der Waals surface area contributed by atoms with Gasteiger partial charge in [-0.05, 0) is 212 Å². The van der Waals surface area contributed by atoms with Crippen LogP contribution in [0.1, 0.15) is 38.9 Å². The molecule has 0 saturated carbocycles. The van der Waals surface area contributed by atoms with Gasteiger partial charge in [0.05, 0.1) is 0 Å². The van der Waals surface area contributed by atoms with Gasteiger partial charge < -0.3 is 13.3 Å². The Hall–Kier alpha value is -13.6. The van der Waals surface area contributed by atoms with Gasteiger partial charge in [-0.25, -0.2) is 0 Å². The van der Waals surface area contributed by atoms with Crippen LogP contribution in [0.4, 0.5) is 0 Å². The molecule has 532 valence electrons. The maximum Gasteiger partial charge on any atom is 0.138 e. The van der Waals surface area contributed by atoms with Crippen LogP contribution in [-0.4, -0.2) is 0 Å². The maximum atomic E-state index is 5.78. The van der Waals surface area contributed by atoms with Crippen molar-refractivity contribution < 1.29 is 13.3 Å². The van der Waals surface area contributed by atoms with Gasteiger partial charge in [0.15, 0.2) is 0 Å². The Morgan fingerprint density at radius 3 is 1.31 bits per heavy atom. The molecule has 0 fully saturated rings. The van der Waals surface area contributed by atoms with E-state index in [9.17, 15) is 0 Å². The monoisotopic (exact) mass is 1420 g/mol. The molecule has 21 aromatic rings. The van der Waals surface area contributed by atoms with Crippen LogP contribution in [0.25, 0.3) is 153 Å². The van der Waals surface area contributed by atoms with Gasteiger partial charge in [0, 0.05) is 32.3 Å². The van der Waals surface area contributed by atoms with Crippen molar-refractivity contribution in [2.75, 3.05) is 0 Å². The number of fused-ring (bicyclic) bond motifs is 13. The lowest BCUT2D eigenvalue weighted by atomic mass is 9.94. The lowest BCUT2D eigenvalue weighted by Crippen LogP contribution is -1.85. The van der Waals surface area contributed by atoms with E-state index in [-0.39, 0.29) is 0 Å². The summed E-state index contributed by atoms with van der Waals surface area (Å²) in [5.74, 6) is 0. The molecule has 0 aliphatic carbocycles. The molecular weight excluding hydrogens is 1330 g/mol. The second-order valence-corrected chi connectivity index (χ2v) is 28.2. The molecule has 0 amide bonds. The van der Waals surface area contributed by atoms with Gasteiger partial charge in [-0.2, -0.15) is 0 Å². The molecule has 18 aromatic carbocycles. The minimum atomic E-state index is 0.966. The lowest BCUT2D eigenvalue weighted by Gasteiger charge is -2.10. The highest BCUT2D eigenvalue weighted by molar-refractivity contribution is 6.08. The first-order chi connectivity index (χ1) is 53.9. The molecule has 0 N–H and O–H groups in total. The van der Waals surface area contributed by atoms with E-state index in [4.69, 9.17) is 13.3 Å². The van der Waals surface area contributed by atoms with Crippen molar-refractivity contribution in [2.24, 2.45) is 0 Å². The third kappa shape index (κ3) is 16.4. The Morgan fingerprint density at radius 2 is 0.591 bits per heavy atom. The molecule has 110 heavy (non-hydrogen) atoms. The number of hydrogen-bond acceptors (Lipinski definition) is 3. The van der Waals surface area contributed by atoms with Crippen LogP contribution in [0, 0.1) is 48.5 Å². The predicted molar refractivity (Wildman–Crippen MR) is 472 cm³/mol. The van der Waals surface area contributed by atoms with Crippen molar-refractivity contribution in [1.82, 2.24) is 0 Å². The summed E-state index contributed by atoms with van der Waals surface area (Å²) in [6.07, 6.45) is 0. The summed E-state index contributed by atoms with van der Waals surface area (Å²) in [7, 11) is 0. The first-order valence-corrected chi connectivity index (χ1v) is 37.8. The van der Waals surface area contributed by atoms with Gasteiger partial charge in [-0.1, -0.05) is 357 Å². The zero-order chi connectivity index (χ0) is 75.3. The van der Waals surface area contributed by atoms with Crippen LogP contribution in [0.3, 0.4) is 0 Å². The van der Waals surface area contributed by atoms with Gasteiger partial charge in [0.25, 0.3) is 0 Å². The smallest absolute Gasteiger partial charge is 0.138 e. The maximum absolute atomic E-state index is 5.78. The summed E-state index contributed by atoms with van der Waals surface area (Å²) in [5.41, 5.74) is 25.3. The van der Waals surface area contributed by atoms with Gasteiger partial charge in [-0.15, -0.1) is 0 Å². The van der Waals surface area contributed by atoms with Crippen LogP contribution in [-0.2, 0) is 0 Å². The average molecular weight is 1420 g/mol. The normalized spacial score (nSPS) is 10.9. The molecule has 3 heteroatoms. The second kappa shape index (κ2) is 33.5. The minimum absolute atomic E-state index is 0.966. The molecule has 3 nitrogen and oxygen atoms in total. The lowest BCUT2D eigenvalue weighted by molar-refractivity contribution is 0.665. The van der Waals surface area contributed by atoms with Crippen molar-refractivity contribution in [3.05, 3.63) is 433 Å². The van der Waals surface area contributed by atoms with Crippen molar-refractivity contribution in [1.29, 1.82) is 0 Å². The van der Waals surface area contributed by atoms with Gasteiger partial charge in [0.2, 0.25) is 0 Å². The minimum Gasteiger partial charge on any atom is -0.456 e. The molecule has 0 bridgehead atoms. The molecule has 0 saturated heterocycles. The number of rotatable bonds is 4. The summed E-state index contributed by atoms with van der Waals surface area (Å²) in [6, 6.07) is 138. The summed E-state index contributed by atoms with van der Waals surface area (Å²) in [4.78, 5) is 0. The molecule has 3 heterocycles. The summed E-state index contributed by atoms with van der Waals surface area (Å²) in [6.45, 7) is 14.9.